The second-order valence-corrected chi connectivity index (χ2v) is 3.40. The highest BCUT2D eigenvalue weighted by Crippen LogP contribution is 2.28. The minimum absolute atomic E-state index is 0.134. The van der Waals surface area contributed by atoms with Gasteiger partial charge in [0, 0.05) is 18.7 Å². The van der Waals surface area contributed by atoms with Crippen LogP contribution >= 0.6 is 11.6 Å². The van der Waals surface area contributed by atoms with Gasteiger partial charge in [-0.2, -0.15) is 0 Å². The van der Waals surface area contributed by atoms with Gasteiger partial charge in [-0.25, -0.2) is 0 Å². The summed E-state index contributed by atoms with van der Waals surface area (Å²) >= 11 is 5.87. The van der Waals surface area contributed by atoms with E-state index in [1.54, 1.807) is 0 Å². The highest BCUT2D eigenvalue weighted by Gasteiger charge is 2.11. The zero-order valence-electron chi connectivity index (χ0n) is 8.83. The van der Waals surface area contributed by atoms with E-state index in [1.165, 1.54) is 20.2 Å². The Bertz CT molecular complexity index is 379. The van der Waals surface area contributed by atoms with Gasteiger partial charge in [-0.3, -0.25) is 9.78 Å². The number of carbonyl (C=O) groups excluding carboxylic acids is 1. The second kappa shape index (κ2) is 4.98. The van der Waals surface area contributed by atoms with E-state index >= 15 is 0 Å². The van der Waals surface area contributed by atoms with Crippen molar-refractivity contribution in [1.29, 1.82) is 0 Å². The Hall–Kier alpha value is -1.29. The molecular weight excluding hydrogens is 218 g/mol. The lowest BCUT2D eigenvalue weighted by atomic mass is 10.2. The van der Waals surface area contributed by atoms with Crippen LogP contribution in [-0.2, 0) is 16.1 Å². The fourth-order valence-corrected chi connectivity index (χ4v) is 1.43. The molecule has 0 atom stereocenters. The molecule has 0 aliphatic carbocycles. The summed E-state index contributed by atoms with van der Waals surface area (Å²) in [4.78, 5) is 14.7. The molecule has 1 aromatic heterocycles. The van der Waals surface area contributed by atoms with Gasteiger partial charge in [-0.1, -0.05) is 11.6 Å². The SMILES string of the molecule is COc1c(Cl)cnc(COC(C)=O)c1C. The molecule has 0 radical (unpaired) electrons. The van der Waals surface area contributed by atoms with Crippen molar-refractivity contribution in [3.63, 3.8) is 0 Å². The minimum Gasteiger partial charge on any atom is -0.495 e. The van der Waals surface area contributed by atoms with Crippen LogP contribution in [0.5, 0.6) is 5.75 Å². The highest BCUT2D eigenvalue weighted by molar-refractivity contribution is 6.32. The first-order valence-corrected chi connectivity index (χ1v) is 4.75. The van der Waals surface area contributed by atoms with Crippen LogP contribution < -0.4 is 4.74 Å². The van der Waals surface area contributed by atoms with Gasteiger partial charge in [0.05, 0.1) is 12.8 Å². The molecule has 0 unspecified atom stereocenters. The topological polar surface area (TPSA) is 48.4 Å². The molecule has 1 heterocycles. The maximum Gasteiger partial charge on any atom is 0.303 e. The van der Waals surface area contributed by atoms with E-state index < -0.39 is 0 Å². The number of pyridine rings is 1. The molecule has 0 N–H and O–H groups in total. The maximum atomic E-state index is 10.6. The first-order valence-electron chi connectivity index (χ1n) is 4.37. The standard InChI is InChI=1S/C10H12ClNO3/c1-6-9(5-15-7(2)13)12-4-8(11)10(6)14-3/h4H,5H2,1-3H3. The lowest BCUT2D eigenvalue weighted by molar-refractivity contribution is -0.142. The Balaban J connectivity index is 2.94. The fourth-order valence-electron chi connectivity index (χ4n) is 1.17. The summed E-state index contributed by atoms with van der Waals surface area (Å²) in [6.07, 6.45) is 1.48. The number of ether oxygens (including phenoxy) is 2. The van der Waals surface area contributed by atoms with Gasteiger partial charge in [-0.05, 0) is 6.92 Å². The van der Waals surface area contributed by atoms with Crippen LogP contribution in [0.2, 0.25) is 5.02 Å². The molecule has 0 aromatic carbocycles. The molecule has 82 valence electrons. The summed E-state index contributed by atoms with van der Waals surface area (Å²) in [6.45, 7) is 3.30. The van der Waals surface area contributed by atoms with Crippen molar-refractivity contribution in [3.8, 4) is 5.75 Å². The maximum absolute atomic E-state index is 10.6. The number of halogens is 1. The van der Waals surface area contributed by atoms with Crippen molar-refractivity contribution in [2.45, 2.75) is 20.5 Å². The molecular formula is C10H12ClNO3. The van der Waals surface area contributed by atoms with E-state index in [2.05, 4.69) is 4.98 Å². The van der Waals surface area contributed by atoms with Crippen molar-refractivity contribution in [1.82, 2.24) is 4.98 Å². The molecule has 0 bridgehead atoms. The average molecular weight is 230 g/mol. The molecule has 5 heteroatoms. The van der Waals surface area contributed by atoms with E-state index in [4.69, 9.17) is 21.1 Å². The number of nitrogens with zero attached hydrogens (tertiary/aromatic N) is 1. The lowest BCUT2D eigenvalue weighted by Crippen LogP contribution is -2.04. The van der Waals surface area contributed by atoms with Crippen LogP contribution in [0.4, 0.5) is 0 Å². The summed E-state index contributed by atoms with van der Waals surface area (Å²) in [7, 11) is 1.53. The van der Waals surface area contributed by atoms with Gasteiger partial charge in [0.1, 0.15) is 17.4 Å². The molecule has 0 spiro atoms. The summed E-state index contributed by atoms with van der Waals surface area (Å²) in [5.41, 5.74) is 1.43. The van der Waals surface area contributed by atoms with Gasteiger partial charge in [0.25, 0.3) is 0 Å². The Morgan fingerprint density at radius 1 is 1.60 bits per heavy atom. The molecule has 1 aromatic rings. The summed E-state index contributed by atoms with van der Waals surface area (Å²) in [5.74, 6) is 0.221. The molecule has 15 heavy (non-hydrogen) atoms. The summed E-state index contributed by atoms with van der Waals surface area (Å²) < 4.78 is 9.96. The van der Waals surface area contributed by atoms with Gasteiger partial charge in [-0.15, -0.1) is 0 Å². The average Bonchev–Trinajstić information content (AvgIpc) is 2.17. The summed E-state index contributed by atoms with van der Waals surface area (Å²) in [6, 6.07) is 0. The molecule has 0 aliphatic rings. The largest absolute Gasteiger partial charge is 0.495 e. The molecule has 1 rings (SSSR count). The third-order valence-corrected chi connectivity index (χ3v) is 2.21. The van der Waals surface area contributed by atoms with Gasteiger partial charge >= 0.3 is 5.97 Å². The first-order chi connectivity index (χ1) is 7.06. The molecule has 0 amide bonds. The van der Waals surface area contributed by atoms with Crippen LogP contribution in [0.15, 0.2) is 6.20 Å². The number of hydrogen-bond acceptors (Lipinski definition) is 4. The van der Waals surface area contributed by atoms with E-state index in [1.807, 2.05) is 6.92 Å². The number of rotatable bonds is 3. The Morgan fingerprint density at radius 2 is 2.27 bits per heavy atom. The van der Waals surface area contributed by atoms with Crippen LogP contribution in [0.3, 0.4) is 0 Å². The van der Waals surface area contributed by atoms with Gasteiger partial charge in [0.15, 0.2) is 0 Å². The molecule has 0 fully saturated rings. The number of hydrogen-bond donors (Lipinski definition) is 0. The third-order valence-electron chi connectivity index (χ3n) is 1.94. The van der Waals surface area contributed by atoms with E-state index in [-0.39, 0.29) is 12.6 Å². The van der Waals surface area contributed by atoms with Crippen LogP contribution in [0, 0.1) is 6.92 Å². The zero-order chi connectivity index (χ0) is 11.4. The smallest absolute Gasteiger partial charge is 0.303 e. The van der Waals surface area contributed by atoms with E-state index in [9.17, 15) is 4.79 Å². The monoisotopic (exact) mass is 229 g/mol. The second-order valence-electron chi connectivity index (χ2n) is 2.99. The zero-order valence-corrected chi connectivity index (χ0v) is 9.59. The van der Waals surface area contributed by atoms with Crippen molar-refractivity contribution >= 4 is 17.6 Å². The highest BCUT2D eigenvalue weighted by atomic mass is 35.5. The lowest BCUT2D eigenvalue weighted by Gasteiger charge is -2.10. The quantitative estimate of drug-likeness (QED) is 0.745. The normalized spacial score (nSPS) is 9.87. The van der Waals surface area contributed by atoms with Crippen molar-refractivity contribution in [2.75, 3.05) is 7.11 Å². The number of esters is 1. The van der Waals surface area contributed by atoms with Crippen molar-refractivity contribution in [2.24, 2.45) is 0 Å². The van der Waals surface area contributed by atoms with Crippen LogP contribution in [0.25, 0.3) is 0 Å². The Kier molecular flexibility index (Phi) is 3.91. The summed E-state index contributed by atoms with van der Waals surface area (Å²) in [5, 5.41) is 0.446. The van der Waals surface area contributed by atoms with Crippen molar-refractivity contribution in [3.05, 3.63) is 22.5 Å². The van der Waals surface area contributed by atoms with Gasteiger partial charge in [0.2, 0.25) is 0 Å². The molecule has 0 saturated carbocycles. The van der Waals surface area contributed by atoms with Crippen LogP contribution in [0.1, 0.15) is 18.2 Å². The fraction of sp³-hybridized carbons (Fsp3) is 0.400. The predicted molar refractivity (Wildman–Crippen MR) is 56.0 cm³/mol. The minimum atomic E-state index is -0.342. The number of carbonyl (C=O) groups is 1. The number of methoxy groups -OCH3 is 1. The van der Waals surface area contributed by atoms with Crippen LogP contribution in [-0.4, -0.2) is 18.1 Å². The van der Waals surface area contributed by atoms with E-state index in [0.29, 0.717) is 16.5 Å². The van der Waals surface area contributed by atoms with Gasteiger partial charge < -0.3 is 9.47 Å². The Labute approximate surface area is 93.2 Å². The molecule has 0 saturated heterocycles. The number of aromatic nitrogens is 1. The van der Waals surface area contributed by atoms with E-state index in [0.717, 1.165) is 5.56 Å². The molecule has 4 nitrogen and oxygen atoms in total. The predicted octanol–water partition coefficient (Wildman–Crippen LogP) is 2.12. The Morgan fingerprint density at radius 3 is 2.80 bits per heavy atom. The molecule has 0 aliphatic heterocycles. The first kappa shape index (κ1) is 11.8. The third kappa shape index (κ3) is 2.83. The van der Waals surface area contributed by atoms with Crippen molar-refractivity contribution < 1.29 is 14.3 Å².